The second-order valence-corrected chi connectivity index (χ2v) is 6.17. The lowest BCUT2D eigenvalue weighted by Crippen LogP contribution is -2.19. The zero-order valence-electron chi connectivity index (χ0n) is 13.1. The van der Waals surface area contributed by atoms with Crippen LogP contribution in [0.15, 0.2) is 42.7 Å². The van der Waals surface area contributed by atoms with E-state index in [2.05, 4.69) is 51.2 Å². The highest BCUT2D eigenvalue weighted by atomic mass is 15.1. The Hall–Kier alpha value is -2.53. The first-order valence-corrected chi connectivity index (χ1v) is 7.87. The number of pyridine rings is 1. The maximum absolute atomic E-state index is 5.92. The van der Waals surface area contributed by atoms with Crippen LogP contribution in [0.4, 0.5) is 5.82 Å². The Labute approximate surface area is 135 Å². The number of nitrogen functional groups attached to an aromatic ring is 1. The van der Waals surface area contributed by atoms with Gasteiger partial charge in [0.15, 0.2) is 5.82 Å². The molecule has 2 N–H and O–H groups in total. The Bertz CT molecular complexity index is 857. The molecule has 0 aliphatic heterocycles. The summed E-state index contributed by atoms with van der Waals surface area (Å²) in [6.07, 6.45) is 4.11. The first-order chi connectivity index (χ1) is 11.2. The smallest absolute Gasteiger partial charge is 0.153 e. The van der Waals surface area contributed by atoms with Gasteiger partial charge in [-0.2, -0.15) is 0 Å². The number of fused-ring (bicyclic) bond motifs is 1. The standard InChI is InChI=1S/C18H19N5/c1-23(14-5-6-14)10-12-3-2-4-13(9-12)15-7-8-16-17(22-15)18(19)21-11-20-16/h2-4,7-9,11,14H,5-6,10H2,1H3,(H2,19,20,21). The second-order valence-electron chi connectivity index (χ2n) is 6.17. The fourth-order valence-corrected chi connectivity index (χ4v) is 2.88. The molecule has 5 nitrogen and oxygen atoms in total. The van der Waals surface area contributed by atoms with Crippen molar-refractivity contribution >= 4 is 16.9 Å². The molecule has 3 aromatic rings. The van der Waals surface area contributed by atoms with E-state index in [0.29, 0.717) is 11.3 Å². The molecule has 2 aromatic heterocycles. The van der Waals surface area contributed by atoms with E-state index in [1.165, 1.54) is 24.7 Å². The van der Waals surface area contributed by atoms with Gasteiger partial charge in [0.05, 0.1) is 11.2 Å². The lowest BCUT2D eigenvalue weighted by molar-refractivity contribution is 0.316. The molecular weight excluding hydrogens is 286 g/mol. The topological polar surface area (TPSA) is 67.9 Å². The van der Waals surface area contributed by atoms with Crippen molar-refractivity contribution in [3.05, 3.63) is 48.3 Å². The van der Waals surface area contributed by atoms with E-state index in [0.717, 1.165) is 29.4 Å². The van der Waals surface area contributed by atoms with E-state index in [1.807, 2.05) is 12.1 Å². The van der Waals surface area contributed by atoms with Crippen molar-refractivity contribution in [3.8, 4) is 11.3 Å². The Morgan fingerprint density at radius 2 is 2.04 bits per heavy atom. The van der Waals surface area contributed by atoms with Crippen LogP contribution in [0.2, 0.25) is 0 Å². The molecule has 116 valence electrons. The summed E-state index contributed by atoms with van der Waals surface area (Å²) < 4.78 is 0. The van der Waals surface area contributed by atoms with Crippen LogP contribution in [0.5, 0.6) is 0 Å². The molecule has 2 heterocycles. The van der Waals surface area contributed by atoms with Crippen LogP contribution in [0, 0.1) is 0 Å². The normalized spacial score (nSPS) is 14.5. The van der Waals surface area contributed by atoms with E-state index < -0.39 is 0 Å². The average molecular weight is 305 g/mol. The van der Waals surface area contributed by atoms with E-state index in [-0.39, 0.29) is 0 Å². The molecule has 1 aliphatic rings. The largest absolute Gasteiger partial charge is 0.382 e. The van der Waals surface area contributed by atoms with Crippen molar-refractivity contribution in [1.29, 1.82) is 0 Å². The minimum absolute atomic E-state index is 0.418. The minimum atomic E-state index is 0.418. The monoisotopic (exact) mass is 305 g/mol. The summed E-state index contributed by atoms with van der Waals surface area (Å²) in [7, 11) is 2.19. The number of anilines is 1. The molecule has 1 fully saturated rings. The minimum Gasteiger partial charge on any atom is -0.382 e. The lowest BCUT2D eigenvalue weighted by atomic mass is 10.1. The van der Waals surface area contributed by atoms with Crippen molar-refractivity contribution in [2.75, 3.05) is 12.8 Å². The molecule has 0 spiro atoms. The zero-order valence-corrected chi connectivity index (χ0v) is 13.1. The predicted octanol–water partition coefficient (Wildman–Crippen LogP) is 2.87. The van der Waals surface area contributed by atoms with Crippen molar-refractivity contribution in [3.63, 3.8) is 0 Å². The third kappa shape index (κ3) is 2.87. The van der Waals surface area contributed by atoms with Crippen LogP contribution in [0.1, 0.15) is 18.4 Å². The number of hydrogen-bond acceptors (Lipinski definition) is 5. The Kier molecular flexibility index (Phi) is 3.42. The lowest BCUT2D eigenvalue weighted by Gasteiger charge is -2.16. The molecule has 0 amide bonds. The number of hydrogen-bond donors (Lipinski definition) is 1. The molecule has 0 radical (unpaired) electrons. The highest BCUT2D eigenvalue weighted by Crippen LogP contribution is 2.28. The Balaban J connectivity index is 1.68. The molecule has 0 saturated heterocycles. The summed E-state index contributed by atoms with van der Waals surface area (Å²) in [5, 5.41) is 0. The van der Waals surface area contributed by atoms with Crippen LogP contribution in [0.25, 0.3) is 22.3 Å². The number of nitrogens with two attached hydrogens (primary N) is 1. The van der Waals surface area contributed by atoms with Gasteiger partial charge in [-0.3, -0.25) is 4.90 Å². The van der Waals surface area contributed by atoms with Crippen molar-refractivity contribution in [1.82, 2.24) is 19.9 Å². The molecule has 0 atom stereocenters. The highest BCUT2D eigenvalue weighted by molar-refractivity contribution is 5.85. The SMILES string of the molecule is CN(Cc1cccc(-c2ccc3ncnc(N)c3n2)c1)C1CC1. The van der Waals surface area contributed by atoms with Gasteiger partial charge in [0, 0.05) is 18.2 Å². The van der Waals surface area contributed by atoms with Gasteiger partial charge in [-0.05, 0) is 43.7 Å². The third-order valence-electron chi connectivity index (χ3n) is 4.34. The first kappa shape index (κ1) is 14.1. The first-order valence-electron chi connectivity index (χ1n) is 7.87. The molecule has 4 rings (SSSR count). The molecule has 0 unspecified atom stereocenters. The van der Waals surface area contributed by atoms with Gasteiger partial charge >= 0.3 is 0 Å². The van der Waals surface area contributed by atoms with Crippen LogP contribution in [0.3, 0.4) is 0 Å². The number of nitrogens with zero attached hydrogens (tertiary/aromatic N) is 4. The Morgan fingerprint density at radius 1 is 1.17 bits per heavy atom. The summed E-state index contributed by atoms with van der Waals surface area (Å²) in [6.45, 7) is 0.970. The highest BCUT2D eigenvalue weighted by Gasteiger charge is 2.25. The fraction of sp³-hybridized carbons (Fsp3) is 0.278. The summed E-state index contributed by atoms with van der Waals surface area (Å²) in [5.74, 6) is 0.418. The molecule has 0 bridgehead atoms. The second kappa shape index (κ2) is 5.59. The predicted molar refractivity (Wildman–Crippen MR) is 91.7 cm³/mol. The van der Waals surface area contributed by atoms with Crippen LogP contribution >= 0.6 is 0 Å². The van der Waals surface area contributed by atoms with Gasteiger partial charge < -0.3 is 5.73 Å². The van der Waals surface area contributed by atoms with Gasteiger partial charge in [0.1, 0.15) is 11.8 Å². The third-order valence-corrected chi connectivity index (χ3v) is 4.34. The molecule has 1 aromatic carbocycles. The average Bonchev–Trinajstić information content (AvgIpc) is 3.40. The molecule has 5 heteroatoms. The van der Waals surface area contributed by atoms with E-state index >= 15 is 0 Å². The van der Waals surface area contributed by atoms with Crippen molar-refractivity contribution in [2.45, 2.75) is 25.4 Å². The van der Waals surface area contributed by atoms with Gasteiger partial charge in [-0.1, -0.05) is 18.2 Å². The van der Waals surface area contributed by atoms with Crippen LogP contribution in [-0.4, -0.2) is 32.9 Å². The number of aromatic nitrogens is 3. The number of rotatable bonds is 4. The van der Waals surface area contributed by atoms with Crippen LogP contribution < -0.4 is 5.73 Å². The maximum atomic E-state index is 5.92. The molecule has 23 heavy (non-hydrogen) atoms. The fourth-order valence-electron chi connectivity index (χ4n) is 2.88. The summed E-state index contributed by atoms with van der Waals surface area (Å²) in [5.41, 5.74) is 10.6. The maximum Gasteiger partial charge on any atom is 0.153 e. The van der Waals surface area contributed by atoms with Gasteiger partial charge in [-0.15, -0.1) is 0 Å². The number of benzene rings is 1. The Morgan fingerprint density at radius 3 is 2.87 bits per heavy atom. The molecule has 1 aliphatic carbocycles. The quantitative estimate of drug-likeness (QED) is 0.802. The molecular formula is C18H19N5. The van der Waals surface area contributed by atoms with Crippen molar-refractivity contribution < 1.29 is 0 Å². The van der Waals surface area contributed by atoms with Gasteiger partial charge in [0.2, 0.25) is 0 Å². The van der Waals surface area contributed by atoms with Gasteiger partial charge in [-0.25, -0.2) is 15.0 Å². The van der Waals surface area contributed by atoms with Crippen LogP contribution in [-0.2, 0) is 6.54 Å². The van der Waals surface area contributed by atoms with E-state index in [9.17, 15) is 0 Å². The molecule has 1 saturated carbocycles. The van der Waals surface area contributed by atoms with E-state index in [4.69, 9.17) is 5.73 Å². The summed E-state index contributed by atoms with van der Waals surface area (Å²) in [4.78, 5) is 15.3. The van der Waals surface area contributed by atoms with E-state index in [1.54, 1.807) is 0 Å². The zero-order chi connectivity index (χ0) is 15.8. The van der Waals surface area contributed by atoms with Gasteiger partial charge in [0.25, 0.3) is 0 Å². The summed E-state index contributed by atoms with van der Waals surface area (Å²) >= 11 is 0. The van der Waals surface area contributed by atoms with Crippen molar-refractivity contribution in [2.24, 2.45) is 0 Å². The summed E-state index contributed by atoms with van der Waals surface area (Å²) in [6, 6.07) is 13.2.